The summed E-state index contributed by atoms with van der Waals surface area (Å²) < 4.78 is 2.20. The summed E-state index contributed by atoms with van der Waals surface area (Å²) in [6, 6.07) is 12.9. The molecule has 33 heavy (non-hydrogen) atoms. The molecule has 0 saturated carbocycles. The Kier molecular flexibility index (Phi) is 6.05. The van der Waals surface area contributed by atoms with Gasteiger partial charge >= 0.3 is 0 Å². The monoisotopic (exact) mass is 469 g/mol. The van der Waals surface area contributed by atoms with Gasteiger partial charge in [0.25, 0.3) is 0 Å². The Morgan fingerprint density at radius 2 is 1.91 bits per heavy atom. The fraction of sp³-hybridized carbons (Fsp3) is 0.207. The van der Waals surface area contributed by atoms with Crippen LogP contribution in [0.15, 0.2) is 66.5 Å². The smallest absolute Gasteiger partial charge is 0.195 e. The second-order valence-corrected chi connectivity index (χ2v) is 10.7. The predicted octanol–water partition coefficient (Wildman–Crippen LogP) is 5.81. The van der Waals surface area contributed by atoms with Gasteiger partial charge < -0.3 is 0 Å². The van der Waals surface area contributed by atoms with Gasteiger partial charge in [-0.2, -0.15) is 0 Å². The number of benzene rings is 2. The molecule has 0 amide bonds. The number of hydrogen-bond donors (Lipinski definition) is 0. The zero-order chi connectivity index (χ0) is 22.9. The van der Waals surface area contributed by atoms with Gasteiger partial charge in [-0.05, 0) is 61.9 Å². The summed E-state index contributed by atoms with van der Waals surface area (Å²) in [6.45, 7) is 10.0. The minimum atomic E-state index is 0.153. The van der Waals surface area contributed by atoms with Gasteiger partial charge in [0.2, 0.25) is 0 Å². The van der Waals surface area contributed by atoms with Gasteiger partial charge in [-0.1, -0.05) is 42.5 Å². The molecule has 2 nitrogen and oxygen atoms in total. The van der Waals surface area contributed by atoms with Crippen LogP contribution in [0.5, 0.6) is 0 Å². The van der Waals surface area contributed by atoms with Crippen molar-refractivity contribution in [1.82, 2.24) is 0 Å². The molecule has 5 rings (SSSR count). The maximum atomic E-state index is 13.5. The standard InChI is InChI=1S/C29H27NOS2/c1-4-6-16-27-30(19(3)32-27)25-14-9-7-12-22(25)21-17-20(11-5-2)29-24(18-21)28(31)23-13-8-10-15-26(23)33-29/h4-5,7,9,12-15,17-18H,1-2,6,8,10-11,16H2,3H3. The number of rotatable bonds is 7. The average molecular weight is 470 g/mol. The molecule has 0 unspecified atom stereocenters. The number of para-hydroxylation sites is 1. The van der Waals surface area contributed by atoms with Crippen molar-refractivity contribution in [1.29, 1.82) is 0 Å². The van der Waals surface area contributed by atoms with Crippen LogP contribution in [0, 0.1) is 0 Å². The van der Waals surface area contributed by atoms with Gasteiger partial charge in [-0.15, -0.1) is 35.4 Å². The Hall–Kier alpha value is -2.95. The van der Waals surface area contributed by atoms with E-state index in [4.69, 9.17) is 0 Å². The molecule has 0 saturated heterocycles. The number of fused-ring (bicyclic) bond motifs is 2. The second kappa shape index (κ2) is 9.12. The van der Waals surface area contributed by atoms with E-state index >= 15 is 0 Å². The predicted molar refractivity (Wildman–Crippen MR) is 150 cm³/mol. The molecule has 166 valence electrons. The minimum absolute atomic E-state index is 0.153. The molecule has 0 N–H and O–H groups in total. The molecule has 0 bridgehead atoms. The zero-order valence-electron chi connectivity index (χ0n) is 18.9. The fourth-order valence-electron chi connectivity index (χ4n) is 4.65. The minimum Gasteiger partial charge on any atom is -0.300 e. The molecule has 0 atom stereocenters. The van der Waals surface area contributed by atoms with Crippen LogP contribution < -0.4 is 20.1 Å². The molecular formula is C29H27NOS2. The van der Waals surface area contributed by atoms with Crippen LogP contribution in [-0.2, 0) is 6.42 Å². The highest BCUT2D eigenvalue weighted by molar-refractivity contribution is 8.01. The van der Waals surface area contributed by atoms with Crippen LogP contribution in [0.3, 0.4) is 0 Å². The molecule has 1 aromatic heterocycles. The van der Waals surface area contributed by atoms with E-state index in [2.05, 4.69) is 73.5 Å². The third-order valence-electron chi connectivity index (χ3n) is 6.19. The molecule has 3 aromatic rings. The quantitative estimate of drug-likeness (QED) is 0.321. The normalized spacial score (nSPS) is 14.6. The first-order valence-electron chi connectivity index (χ1n) is 11.4. The summed E-state index contributed by atoms with van der Waals surface area (Å²) in [5.74, 6) is 0. The summed E-state index contributed by atoms with van der Waals surface area (Å²) in [6.07, 6.45) is 12.9. The molecule has 0 spiro atoms. The van der Waals surface area contributed by atoms with Crippen molar-refractivity contribution in [3.8, 4) is 11.1 Å². The third-order valence-corrected chi connectivity index (χ3v) is 8.58. The molecule has 2 aromatic carbocycles. The maximum absolute atomic E-state index is 13.5. The highest BCUT2D eigenvalue weighted by Crippen LogP contribution is 2.37. The van der Waals surface area contributed by atoms with Gasteiger partial charge in [0.15, 0.2) is 5.43 Å². The summed E-state index contributed by atoms with van der Waals surface area (Å²) in [5.41, 5.74) is 4.74. The molecule has 0 radical (unpaired) electrons. The molecule has 2 aliphatic rings. The summed E-state index contributed by atoms with van der Waals surface area (Å²) >= 11 is 1.74. The van der Waals surface area contributed by atoms with Crippen molar-refractivity contribution in [3.63, 3.8) is 0 Å². The van der Waals surface area contributed by atoms with E-state index in [1.54, 1.807) is 11.3 Å². The molecular weight excluding hydrogens is 442 g/mol. The van der Waals surface area contributed by atoms with E-state index in [0.717, 1.165) is 63.1 Å². The average Bonchev–Trinajstić information content (AvgIpc) is 2.83. The molecule has 0 fully saturated rings. The third kappa shape index (κ3) is 3.88. The van der Waals surface area contributed by atoms with E-state index < -0.39 is 0 Å². The zero-order valence-corrected chi connectivity index (χ0v) is 20.5. The van der Waals surface area contributed by atoms with Crippen LogP contribution in [0.25, 0.3) is 33.4 Å². The Morgan fingerprint density at radius 3 is 2.70 bits per heavy atom. The van der Waals surface area contributed by atoms with Crippen LogP contribution >= 0.6 is 22.3 Å². The van der Waals surface area contributed by atoms with Crippen molar-refractivity contribution in [2.24, 2.45) is 0 Å². The van der Waals surface area contributed by atoms with Crippen molar-refractivity contribution in [2.75, 3.05) is 4.90 Å². The highest BCUT2D eigenvalue weighted by Gasteiger charge is 2.24. The second-order valence-electron chi connectivity index (χ2n) is 8.39. The Balaban J connectivity index is 1.72. The lowest BCUT2D eigenvalue weighted by Crippen LogP contribution is -2.39. The lowest BCUT2D eigenvalue weighted by atomic mass is 9.97. The summed E-state index contributed by atoms with van der Waals surface area (Å²) in [5, 5.41) is 1.70. The van der Waals surface area contributed by atoms with E-state index in [1.807, 2.05) is 23.1 Å². The van der Waals surface area contributed by atoms with E-state index in [0.29, 0.717) is 0 Å². The van der Waals surface area contributed by atoms with Gasteiger partial charge in [0, 0.05) is 31.8 Å². The molecule has 2 heterocycles. The van der Waals surface area contributed by atoms with E-state index in [9.17, 15) is 4.79 Å². The van der Waals surface area contributed by atoms with E-state index in [-0.39, 0.29) is 5.43 Å². The number of anilines is 1. The number of hydrogen-bond acceptors (Lipinski definition) is 3. The van der Waals surface area contributed by atoms with Gasteiger partial charge in [0.05, 0.1) is 15.7 Å². The largest absolute Gasteiger partial charge is 0.300 e. The molecule has 1 aliphatic carbocycles. The van der Waals surface area contributed by atoms with Crippen molar-refractivity contribution in [2.45, 2.75) is 39.0 Å². The first-order valence-corrected chi connectivity index (χ1v) is 13.0. The van der Waals surface area contributed by atoms with Crippen LogP contribution in [0.2, 0.25) is 0 Å². The van der Waals surface area contributed by atoms with Gasteiger partial charge in [-0.3, -0.25) is 9.69 Å². The lowest BCUT2D eigenvalue weighted by Gasteiger charge is -2.33. The Morgan fingerprint density at radius 1 is 1.09 bits per heavy atom. The maximum Gasteiger partial charge on any atom is 0.195 e. The van der Waals surface area contributed by atoms with E-state index in [1.165, 1.54) is 21.2 Å². The summed E-state index contributed by atoms with van der Waals surface area (Å²) in [7, 11) is 1.85. The topological polar surface area (TPSA) is 20.3 Å². The summed E-state index contributed by atoms with van der Waals surface area (Å²) in [4.78, 5) is 18.5. The van der Waals surface area contributed by atoms with Crippen molar-refractivity contribution >= 4 is 60.2 Å². The first-order chi connectivity index (χ1) is 16.1. The number of nitrogens with zero attached hydrogens (tertiary/aromatic N) is 1. The fourth-order valence-corrected chi connectivity index (χ4v) is 6.95. The van der Waals surface area contributed by atoms with Crippen LogP contribution in [-0.4, -0.2) is 9.98 Å². The highest BCUT2D eigenvalue weighted by atomic mass is 32.1. The van der Waals surface area contributed by atoms with Crippen LogP contribution in [0.1, 0.15) is 38.2 Å². The molecule has 4 heteroatoms. The van der Waals surface area contributed by atoms with Crippen molar-refractivity contribution < 1.29 is 0 Å². The Bertz CT molecular complexity index is 1550. The molecule has 1 aliphatic heterocycles. The van der Waals surface area contributed by atoms with Gasteiger partial charge in [0.1, 0.15) is 0 Å². The Labute approximate surface area is 202 Å². The van der Waals surface area contributed by atoms with Gasteiger partial charge in [-0.25, -0.2) is 0 Å². The first kappa shape index (κ1) is 21.9. The SMILES string of the molecule is C=CCCC1=S=C(C)N1c1ccccc1-c1cc(CC=C)c2sc3c(c(=O)c2c1)=CCCC=3. The lowest BCUT2D eigenvalue weighted by molar-refractivity contribution is 1.09. The number of allylic oxidation sites excluding steroid dienone is 2. The van der Waals surface area contributed by atoms with Crippen LogP contribution in [0.4, 0.5) is 5.69 Å². The van der Waals surface area contributed by atoms with Crippen molar-refractivity contribution in [3.05, 3.63) is 87.2 Å².